The molecule has 1 aromatic heterocycles. The van der Waals surface area contributed by atoms with E-state index in [1.807, 2.05) is 48.2 Å². The average Bonchev–Trinajstić information content (AvgIpc) is 3.13. The van der Waals surface area contributed by atoms with Crippen LogP contribution < -0.4 is 0 Å². The largest absolute Gasteiger partial charge is 0.341 e. The van der Waals surface area contributed by atoms with Crippen molar-refractivity contribution in [2.24, 2.45) is 0 Å². The second kappa shape index (κ2) is 9.83. The smallest absolute Gasteiger partial charge is 0.227 e. The van der Waals surface area contributed by atoms with Gasteiger partial charge in [0.1, 0.15) is 5.82 Å². The van der Waals surface area contributed by atoms with Crippen molar-refractivity contribution in [3.05, 3.63) is 71.4 Å². The van der Waals surface area contributed by atoms with Crippen LogP contribution in [0.3, 0.4) is 0 Å². The van der Waals surface area contributed by atoms with Crippen LogP contribution in [0.2, 0.25) is 0 Å². The predicted molar refractivity (Wildman–Crippen MR) is 116 cm³/mol. The van der Waals surface area contributed by atoms with Crippen molar-refractivity contribution >= 4 is 5.91 Å². The van der Waals surface area contributed by atoms with Crippen molar-refractivity contribution in [2.45, 2.75) is 32.7 Å². The van der Waals surface area contributed by atoms with Crippen LogP contribution in [0, 0.1) is 12.7 Å². The van der Waals surface area contributed by atoms with Crippen molar-refractivity contribution in [3.63, 3.8) is 0 Å². The Morgan fingerprint density at radius 1 is 1.03 bits per heavy atom. The van der Waals surface area contributed by atoms with Crippen molar-refractivity contribution in [1.82, 2.24) is 19.9 Å². The first kappa shape index (κ1) is 21.2. The lowest BCUT2D eigenvalue weighted by atomic mass is 10.1. The van der Waals surface area contributed by atoms with Crippen molar-refractivity contribution < 1.29 is 13.7 Å². The molecule has 2 heterocycles. The number of carbonyl (C=O) groups excluding carboxylic acids is 1. The molecule has 31 heavy (non-hydrogen) atoms. The predicted octanol–water partition coefficient (Wildman–Crippen LogP) is 3.85. The normalized spacial score (nSPS) is 15.1. The quantitative estimate of drug-likeness (QED) is 0.604. The van der Waals surface area contributed by atoms with E-state index < -0.39 is 0 Å². The number of aromatic nitrogens is 2. The van der Waals surface area contributed by atoms with Gasteiger partial charge in [-0.1, -0.05) is 47.1 Å². The molecule has 0 spiro atoms. The number of aryl methyl sites for hydroxylation is 2. The standard InChI is InChI=1S/C24H27FN4O2/c1-18-3-7-20(8-4-18)24-26-22(31-27-24)11-12-23(30)29-14-2-13-28(15-16-29)17-19-5-9-21(25)10-6-19/h3-10H,2,11-17H2,1H3. The van der Waals surface area contributed by atoms with Crippen molar-refractivity contribution in [3.8, 4) is 11.4 Å². The Balaban J connectivity index is 1.26. The van der Waals surface area contributed by atoms with Gasteiger partial charge in [0.25, 0.3) is 0 Å². The molecule has 0 aliphatic carbocycles. The van der Waals surface area contributed by atoms with Gasteiger partial charge in [-0.2, -0.15) is 4.98 Å². The minimum absolute atomic E-state index is 0.110. The van der Waals surface area contributed by atoms with Crippen LogP contribution in [0.4, 0.5) is 4.39 Å². The molecule has 6 nitrogen and oxygen atoms in total. The maximum absolute atomic E-state index is 13.1. The second-order valence-corrected chi connectivity index (χ2v) is 8.01. The first-order valence-electron chi connectivity index (χ1n) is 10.7. The molecule has 0 bridgehead atoms. The molecule has 0 saturated carbocycles. The molecular weight excluding hydrogens is 395 g/mol. The maximum atomic E-state index is 13.1. The zero-order valence-electron chi connectivity index (χ0n) is 17.8. The van der Waals surface area contributed by atoms with Crippen LogP contribution in [-0.4, -0.2) is 52.0 Å². The zero-order valence-corrected chi connectivity index (χ0v) is 17.8. The number of carbonyl (C=O) groups is 1. The number of nitrogens with zero attached hydrogens (tertiary/aromatic N) is 4. The number of halogens is 1. The summed E-state index contributed by atoms with van der Waals surface area (Å²) < 4.78 is 18.4. The van der Waals surface area contributed by atoms with Gasteiger partial charge in [-0.05, 0) is 31.0 Å². The molecule has 7 heteroatoms. The molecule has 1 amide bonds. The van der Waals surface area contributed by atoms with E-state index >= 15 is 0 Å². The van der Waals surface area contributed by atoms with Gasteiger partial charge in [-0.25, -0.2) is 4.39 Å². The zero-order chi connectivity index (χ0) is 21.6. The first-order chi connectivity index (χ1) is 15.1. The van der Waals surface area contributed by atoms with E-state index in [1.165, 1.54) is 17.7 Å². The molecule has 1 saturated heterocycles. The monoisotopic (exact) mass is 422 g/mol. The number of rotatable bonds is 6. The fourth-order valence-corrected chi connectivity index (χ4v) is 3.77. The summed E-state index contributed by atoms with van der Waals surface area (Å²) in [4.78, 5) is 21.4. The van der Waals surface area contributed by atoms with E-state index in [2.05, 4.69) is 15.0 Å². The molecule has 1 aliphatic rings. The third-order valence-corrected chi connectivity index (χ3v) is 5.59. The highest BCUT2D eigenvalue weighted by Gasteiger charge is 2.20. The van der Waals surface area contributed by atoms with Crippen molar-refractivity contribution in [2.75, 3.05) is 26.2 Å². The number of benzene rings is 2. The second-order valence-electron chi connectivity index (χ2n) is 8.01. The maximum Gasteiger partial charge on any atom is 0.227 e. The molecule has 0 atom stereocenters. The van der Waals surface area contributed by atoms with Crippen molar-refractivity contribution in [1.29, 1.82) is 0 Å². The highest BCUT2D eigenvalue weighted by Crippen LogP contribution is 2.17. The van der Waals surface area contributed by atoms with Gasteiger partial charge in [-0.15, -0.1) is 0 Å². The molecule has 1 fully saturated rings. The number of amides is 1. The van der Waals surface area contributed by atoms with Gasteiger partial charge in [-0.3, -0.25) is 9.69 Å². The Labute approximate surface area is 181 Å². The Hall–Kier alpha value is -3.06. The minimum Gasteiger partial charge on any atom is -0.341 e. The Morgan fingerprint density at radius 3 is 2.58 bits per heavy atom. The summed E-state index contributed by atoms with van der Waals surface area (Å²) in [5, 5.41) is 4.04. The van der Waals surface area contributed by atoms with Gasteiger partial charge in [0.15, 0.2) is 0 Å². The fraction of sp³-hybridized carbons (Fsp3) is 0.375. The molecule has 2 aromatic carbocycles. The van der Waals surface area contributed by atoms with E-state index in [0.29, 0.717) is 31.1 Å². The highest BCUT2D eigenvalue weighted by atomic mass is 19.1. The third-order valence-electron chi connectivity index (χ3n) is 5.59. The highest BCUT2D eigenvalue weighted by molar-refractivity contribution is 5.76. The molecular formula is C24H27FN4O2. The molecule has 162 valence electrons. The summed E-state index contributed by atoms with van der Waals surface area (Å²) in [7, 11) is 0. The Morgan fingerprint density at radius 2 is 1.81 bits per heavy atom. The molecule has 3 aromatic rings. The van der Waals surface area contributed by atoms with E-state index in [-0.39, 0.29) is 11.7 Å². The van der Waals surface area contributed by atoms with Crippen LogP contribution in [-0.2, 0) is 17.8 Å². The molecule has 0 radical (unpaired) electrons. The van der Waals surface area contributed by atoms with Crippen LogP contribution in [0.1, 0.15) is 29.9 Å². The Kier molecular flexibility index (Phi) is 6.72. The lowest BCUT2D eigenvalue weighted by Gasteiger charge is -2.22. The molecule has 4 rings (SSSR count). The first-order valence-corrected chi connectivity index (χ1v) is 10.7. The summed E-state index contributed by atoms with van der Waals surface area (Å²) in [6.45, 7) is 5.97. The molecule has 0 N–H and O–H groups in total. The average molecular weight is 423 g/mol. The minimum atomic E-state index is -0.219. The van der Waals surface area contributed by atoms with E-state index in [9.17, 15) is 9.18 Å². The summed E-state index contributed by atoms with van der Waals surface area (Å²) in [5.74, 6) is 0.924. The summed E-state index contributed by atoms with van der Waals surface area (Å²) >= 11 is 0. The fourth-order valence-electron chi connectivity index (χ4n) is 3.77. The van der Waals surface area contributed by atoms with E-state index in [1.54, 1.807) is 0 Å². The lowest BCUT2D eigenvalue weighted by molar-refractivity contribution is -0.131. The summed E-state index contributed by atoms with van der Waals surface area (Å²) in [6, 6.07) is 14.6. The van der Waals surface area contributed by atoms with Gasteiger partial charge >= 0.3 is 0 Å². The summed E-state index contributed by atoms with van der Waals surface area (Å²) in [5.41, 5.74) is 3.16. The van der Waals surface area contributed by atoms with Gasteiger partial charge in [0.2, 0.25) is 17.6 Å². The van der Waals surface area contributed by atoms with E-state index in [0.717, 1.165) is 43.7 Å². The Bertz CT molecular complexity index is 1000. The molecule has 1 aliphatic heterocycles. The SMILES string of the molecule is Cc1ccc(-c2noc(CCC(=O)N3CCCN(Cc4ccc(F)cc4)CC3)n2)cc1. The van der Waals surface area contributed by atoms with Crippen LogP contribution in [0.5, 0.6) is 0 Å². The van der Waals surface area contributed by atoms with Crippen LogP contribution in [0.15, 0.2) is 53.1 Å². The molecule has 0 unspecified atom stereocenters. The van der Waals surface area contributed by atoms with Crippen LogP contribution in [0.25, 0.3) is 11.4 Å². The van der Waals surface area contributed by atoms with Gasteiger partial charge in [0, 0.05) is 51.1 Å². The number of hydrogen-bond acceptors (Lipinski definition) is 5. The van der Waals surface area contributed by atoms with Gasteiger partial charge < -0.3 is 9.42 Å². The summed E-state index contributed by atoms with van der Waals surface area (Å²) in [6.07, 6.45) is 1.71. The van der Waals surface area contributed by atoms with Gasteiger partial charge in [0.05, 0.1) is 0 Å². The van der Waals surface area contributed by atoms with E-state index in [4.69, 9.17) is 4.52 Å². The number of hydrogen-bond donors (Lipinski definition) is 0. The lowest BCUT2D eigenvalue weighted by Crippen LogP contribution is -2.35. The van der Waals surface area contributed by atoms with Crippen LogP contribution >= 0.6 is 0 Å². The third kappa shape index (κ3) is 5.76. The topological polar surface area (TPSA) is 62.5 Å².